The first-order valence-electron chi connectivity index (χ1n) is 8.21. The molecule has 3 nitrogen and oxygen atoms in total. The number of benzene rings is 1. The van der Waals surface area contributed by atoms with E-state index in [1.165, 1.54) is 30.5 Å². The summed E-state index contributed by atoms with van der Waals surface area (Å²) in [5.74, 6) is 0.706. The van der Waals surface area contributed by atoms with E-state index in [2.05, 4.69) is 48.3 Å². The van der Waals surface area contributed by atoms with Crippen LogP contribution >= 0.6 is 0 Å². The zero-order valence-electron chi connectivity index (χ0n) is 13.8. The van der Waals surface area contributed by atoms with E-state index in [-0.39, 0.29) is 0 Å². The van der Waals surface area contributed by atoms with Crippen molar-refractivity contribution in [2.75, 3.05) is 26.7 Å². The van der Waals surface area contributed by atoms with E-state index in [0.29, 0.717) is 12.0 Å². The van der Waals surface area contributed by atoms with Crippen molar-refractivity contribution in [1.82, 2.24) is 10.2 Å². The Labute approximate surface area is 129 Å². The monoisotopic (exact) mass is 290 g/mol. The minimum absolute atomic E-state index is 0.415. The molecule has 0 aromatic heterocycles. The molecular formula is C18H30N2O. The number of methoxy groups -OCH3 is 1. The van der Waals surface area contributed by atoms with Gasteiger partial charge in [0.05, 0.1) is 6.10 Å². The van der Waals surface area contributed by atoms with Crippen LogP contribution in [0.1, 0.15) is 37.8 Å². The van der Waals surface area contributed by atoms with E-state index in [1.807, 2.05) is 7.11 Å². The molecule has 0 bridgehead atoms. The van der Waals surface area contributed by atoms with Gasteiger partial charge in [0.2, 0.25) is 0 Å². The SMILES string of the molecule is COC1CCCN(Cc2ccc(CNCC(C)C)cc2)C1. The standard InChI is InChI=1S/C18H30N2O/c1-15(2)11-19-12-16-6-8-17(9-7-16)13-20-10-4-5-18(14-20)21-3/h6-9,15,18-19H,4-5,10-14H2,1-3H3. The Morgan fingerprint density at radius 3 is 2.62 bits per heavy atom. The molecule has 0 radical (unpaired) electrons. The third-order valence-corrected chi connectivity index (χ3v) is 4.11. The summed E-state index contributed by atoms with van der Waals surface area (Å²) in [6, 6.07) is 9.03. The van der Waals surface area contributed by atoms with Gasteiger partial charge >= 0.3 is 0 Å². The van der Waals surface area contributed by atoms with Crippen molar-refractivity contribution in [2.24, 2.45) is 5.92 Å². The Hall–Kier alpha value is -0.900. The van der Waals surface area contributed by atoms with Gasteiger partial charge in [-0.2, -0.15) is 0 Å². The van der Waals surface area contributed by atoms with Gasteiger partial charge in [-0.25, -0.2) is 0 Å². The Kier molecular flexibility index (Phi) is 6.68. The zero-order chi connectivity index (χ0) is 15.1. The summed E-state index contributed by atoms with van der Waals surface area (Å²) in [6.07, 6.45) is 2.86. The van der Waals surface area contributed by atoms with Crippen LogP contribution in [0.25, 0.3) is 0 Å². The van der Waals surface area contributed by atoms with Crippen LogP contribution in [0.4, 0.5) is 0 Å². The molecule has 1 fully saturated rings. The fourth-order valence-corrected chi connectivity index (χ4v) is 2.88. The van der Waals surface area contributed by atoms with E-state index in [4.69, 9.17) is 4.74 Å². The molecule has 0 amide bonds. The molecule has 3 heteroatoms. The number of likely N-dealkylation sites (tertiary alicyclic amines) is 1. The molecule has 0 spiro atoms. The molecule has 1 aromatic rings. The average molecular weight is 290 g/mol. The molecule has 1 atom stereocenters. The lowest BCUT2D eigenvalue weighted by Crippen LogP contribution is -2.38. The van der Waals surface area contributed by atoms with E-state index in [0.717, 1.165) is 26.2 Å². The first-order valence-corrected chi connectivity index (χ1v) is 8.21. The van der Waals surface area contributed by atoms with Gasteiger partial charge in [0.15, 0.2) is 0 Å². The Morgan fingerprint density at radius 2 is 1.95 bits per heavy atom. The molecule has 0 aliphatic carbocycles. The van der Waals surface area contributed by atoms with Crippen LogP contribution in [-0.2, 0) is 17.8 Å². The highest BCUT2D eigenvalue weighted by molar-refractivity contribution is 5.22. The molecule has 1 N–H and O–H groups in total. The summed E-state index contributed by atoms with van der Waals surface area (Å²) in [5.41, 5.74) is 2.77. The van der Waals surface area contributed by atoms with Crippen molar-refractivity contribution in [2.45, 2.75) is 45.9 Å². The Morgan fingerprint density at radius 1 is 1.24 bits per heavy atom. The molecule has 1 aliphatic heterocycles. The lowest BCUT2D eigenvalue weighted by atomic mass is 10.1. The van der Waals surface area contributed by atoms with Gasteiger partial charge in [-0.15, -0.1) is 0 Å². The maximum atomic E-state index is 5.49. The third kappa shape index (κ3) is 5.77. The highest BCUT2D eigenvalue weighted by atomic mass is 16.5. The minimum Gasteiger partial charge on any atom is -0.380 e. The molecular weight excluding hydrogens is 260 g/mol. The molecule has 1 heterocycles. The number of ether oxygens (including phenoxy) is 1. The predicted molar refractivity (Wildman–Crippen MR) is 88.3 cm³/mol. The van der Waals surface area contributed by atoms with E-state index >= 15 is 0 Å². The molecule has 2 rings (SSSR count). The van der Waals surface area contributed by atoms with E-state index in [9.17, 15) is 0 Å². The number of hydrogen-bond acceptors (Lipinski definition) is 3. The number of nitrogens with zero attached hydrogens (tertiary/aromatic N) is 1. The summed E-state index contributed by atoms with van der Waals surface area (Å²) in [7, 11) is 1.83. The van der Waals surface area contributed by atoms with Gasteiger partial charge in [-0.05, 0) is 43.0 Å². The molecule has 1 saturated heterocycles. The van der Waals surface area contributed by atoms with Crippen LogP contribution in [-0.4, -0.2) is 37.7 Å². The summed E-state index contributed by atoms with van der Waals surface area (Å²) in [6.45, 7) is 9.82. The highest BCUT2D eigenvalue weighted by Gasteiger charge is 2.19. The van der Waals surface area contributed by atoms with Gasteiger partial charge in [0.1, 0.15) is 0 Å². The second-order valence-electron chi connectivity index (χ2n) is 6.58. The van der Waals surface area contributed by atoms with Crippen LogP contribution in [0.5, 0.6) is 0 Å². The molecule has 0 saturated carbocycles. The van der Waals surface area contributed by atoms with Crippen LogP contribution in [0, 0.1) is 5.92 Å². The summed E-state index contributed by atoms with van der Waals surface area (Å²) in [4.78, 5) is 2.50. The van der Waals surface area contributed by atoms with Gasteiger partial charge in [0, 0.05) is 26.7 Å². The summed E-state index contributed by atoms with van der Waals surface area (Å²) in [5, 5.41) is 3.49. The second-order valence-corrected chi connectivity index (χ2v) is 6.58. The number of rotatable bonds is 7. The van der Waals surface area contributed by atoms with Crippen LogP contribution < -0.4 is 5.32 Å². The first-order chi connectivity index (χ1) is 10.2. The van der Waals surface area contributed by atoms with Crippen LogP contribution in [0.2, 0.25) is 0 Å². The third-order valence-electron chi connectivity index (χ3n) is 4.11. The smallest absolute Gasteiger partial charge is 0.0698 e. The Bertz CT molecular complexity index is 402. The van der Waals surface area contributed by atoms with Crippen molar-refractivity contribution in [3.05, 3.63) is 35.4 Å². The Balaban J connectivity index is 1.79. The lowest BCUT2D eigenvalue weighted by molar-refractivity contribution is 0.0285. The number of nitrogens with one attached hydrogen (secondary N) is 1. The molecule has 1 unspecified atom stereocenters. The van der Waals surface area contributed by atoms with E-state index in [1.54, 1.807) is 0 Å². The average Bonchev–Trinajstić information content (AvgIpc) is 2.49. The maximum Gasteiger partial charge on any atom is 0.0698 e. The summed E-state index contributed by atoms with van der Waals surface area (Å²) < 4.78 is 5.49. The van der Waals surface area contributed by atoms with Crippen molar-refractivity contribution < 1.29 is 4.74 Å². The first kappa shape index (κ1) is 16.5. The van der Waals surface area contributed by atoms with Crippen molar-refractivity contribution in [3.8, 4) is 0 Å². The van der Waals surface area contributed by atoms with Crippen molar-refractivity contribution >= 4 is 0 Å². The molecule has 1 aliphatic rings. The van der Waals surface area contributed by atoms with Gasteiger partial charge in [0.25, 0.3) is 0 Å². The fraction of sp³-hybridized carbons (Fsp3) is 0.667. The minimum atomic E-state index is 0.415. The molecule has 118 valence electrons. The zero-order valence-corrected chi connectivity index (χ0v) is 13.8. The van der Waals surface area contributed by atoms with Crippen molar-refractivity contribution in [3.63, 3.8) is 0 Å². The highest BCUT2D eigenvalue weighted by Crippen LogP contribution is 2.16. The maximum absolute atomic E-state index is 5.49. The van der Waals surface area contributed by atoms with Crippen molar-refractivity contribution in [1.29, 1.82) is 0 Å². The predicted octanol–water partition coefficient (Wildman–Crippen LogP) is 3.04. The number of piperidine rings is 1. The number of hydrogen-bond donors (Lipinski definition) is 1. The van der Waals surface area contributed by atoms with E-state index < -0.39 is 0 Å². The fourth-order valence-electron chi connectivity index (χ4n) is 2.88. The lowest BCUT2D eigenvalue weighted by Gasteiger charge is -2.31. The normalized spacial score (nSPS) is 20.1. The van der Waals surface area contributed by atoms with Gasteiger partial charge in [-0.1, -0.05) is 38.1 Å². The molecule has 21 heavy (non-hydrogen) atoms. The van der Waals surface area contributed by atoms with Gasteiger partial charge < -0.3 is 10.1 Å². The summed E-state index contributed by atoms with van der Waals surface area (Å²) >= 11 is 0. The van der Waals surface area contributed by atoms with Crippen LogP contribution in [0.3, 0.4) is 0 Å². The van der Waals surface area contributed by atoms with Gasteiger partial charge in [-0.3, -0.25) is 4.90 Å². The second kappa shape index (κ2) is 8.52. The largest absolute Gasteiger partial charge is 0.380 e. The van der Waals surface area contributed by atoms with Crippen LogP contribution in [0.15, 0.2) is 24.3 Å². The molecule has 1 aromatic carbocycles. The quantitative estimate of drug-likeness (QED) is 0.835. The topological polar surface area (TPSA) is 24.5 Å².